The molecule has 0 aromatic carbocycles. The molecular weight excluding hydrogens is 320 g/mol. The van der Waals surface area contributed by atoms with Crippen LogP contribution in [0.15, 0.2) is 17.5 Å². The third-order valence-electron chi connectivity index (χ3n) is 6.09. The average Bonchev–Trinajstić information content (AvgIpc) is 3.24. The molecule has 2 aliphatic heterocycles. The lowest BCUT2D eigenvalue weighted by atomic mass is 9.69. The van der Waals surface area contributed by atoms with Crippen molar-refractivity contribution in [1.82, 2.24) is 10.2 Å². The maximum absolute atomic E-state index is 12.3. The molecule has 0 radical (unpaired) electrons. The summed E-state index contributed by atoms with van der Waals surface area (Å²) in [5.41, 5.74) is 0.253. The summed E-state index contributed by atoms with van der Waals surface area (Å²) in [6, 6.07) is 4.57. The van der Waals surface area contributed by atoms with E-state index >= 15 is 0 Å². The number of piperidine rings is 1. The second kappa shape index (κ2) is 7.14. The molecule has 3 fully saturated rings. The van der Waals surface area contributed by atoms with E-state index in [2.05, 4.69) is 27.7 Å². The lowest BCUT2D eigenvalue weighted by Crippen LogP contribution is -2.57. The molecule has 2 saturated heterocycles. The molecule has 3 aliphatic rings. The van der Waals surface area contributed by atoms with E-state index in [0.717, 1.165) is 39.1 Å². The maximum atomic E-state index is 12.3. The Labute approximate surface area is 148 Å². The number of ether oxygens (including phenoxy) is 1. The number of rotatable bonds is 5. The summed E-state index contributed by atoms with van der Waals surface area (Å²) < 4.78 is 5.72. The maximum Gasteiger partial charge on any atom is 0.220 e. The van der Waals surface area contributed by atoms with E-state index in [-0.39, 0.29) is 17.4 Å². The van der Waals surface area contributed by atoms with Gasteiger partial charge < -0.3 is 10.1 Å². The van der Waals surface area contributed by atoms with Gasteiger partial charge in [-0.05, 0) is 68.0 Å². The van der Waals surface area contributed by atoms with Crippen molar-refractivity contribution in [3.63, 3.8) is 0 Å². The van der Waals surface area contributed by atoms with E-state index < -0.39 is 0 Å². The van der Waals surface area contributed by atoms with Crippen LogP contribution >= 0.6 is 11.3 Å². The number of likely N-dealkylation sites (tertiary alicyclic amines) is 1. The monoisotopic (exact) mass is 348 g/mol. The molecular formula is C19H28N2O2S. The molecule has 1 atom stereocenters. The minimum absolute atomic E-state index is 0.210. The van der Waals surface area contributed by atoms with Gasteiger partial charge in [0.25, 0.3) is 0 Å². The van der Waals surface area contributed by atoms with Crippen molar-refractivity contribution in [2.24, 2.45) is 11.3 Å². The molecule has 0 unspecified atom stereocenters. The number of hydrogen-bond donors (Lipinski definition) is 1. The smallest absolute Gasteiger partial charge is 0.220 e. The van der Waals surface area contributed by atoms with Crippen LogP contribution in [0, 0.1) is 11.3 Å². The number of hydrogen-bond acceptors (Lipinski definition) is 4. The first kappa shape index (κ1) is 16.6. The highest BCUT2D eigenvalue weighted by Crippen LogP contribution is 2.41. The summed E-state index contributed by atoms with van der Waals surface area (Å²) in [6.45, 7) is 4.88. The van der Waals surface area contributed by atoms with Crippen molar-refractivity contribution in [2.75, 3.05) is 26.3 Å². The predicted octanol–water partition coefficient (Wildman–Crippen LogP) is 3.04. The Kier molecular flexibility index (Phi) is 4.93. The van der Waals surface area contributed by atoms with E-state index in [0.29, 0.717) is 12.5 Å². The van der Waals surface area contributed by atoms with Crippen LogP contribution < -0.4 is 5.32 Å². The molecule has 4 rings (SSSR count). The van der Waals surface area contributed by atoms with Crippen molar-refractivity contribution in [1.29, 1.82) is 0 Å². The number of carbonyl (C=O) groups excluding carboxylic acids is 1. The predicted molar refractivity (Wildman–Crippen MR) is 96.0 cm³/mol. The molecule has 4 nitrogen and oxygen atoms in total. The molecule has 1 spiro atoms. The second-order valence-corrected chi connectivity index (χ2v) is 8.84. The van der Waals surface area contributed by atoms with Gasteiger partial charge in [-0.25, -0.2) is 0 Å². The van der Waals surface area contributed by atoms with Crippen LogP contribution in [-0.2, 0) is 16.1 Å². The molecule has 5 heteroatoms. The van der Waals surface area contributed by atoms with Gasteiger partial charge in [0.2, 0.25) is 5.91 Å². The Bertz CT molecular complexity index is 548. The van der Waals surface area contributed by atoms with Crippen molar-refractivity contribution in [3.05, 3.63) is 22.4 Å². The van der Waals surface area contributed by atoms with Crippen LogP contribution in [0.4, 0.5) is 0 Å². The standard InChI is InChI=1S/C19H28N2O2S/c22-18(12-15-3-4-15)20-17-14-23-10-7-19(17)5-8-21(9-6-19)13-16-2-1-11-24-16/h1-2,11,15,17H,3-10,12-14H2,(H,20,22)/t17-/m1/s1. The molecule has 132 valence electrons. The summed E-state index contributed by atoms with van der Waals surface area (Å²) in [6.07, 6.45) is 6.63. The van der Waals surface area contributed by atoms with Gasteiger partial charge in [0.15, 0.2) is 0 Å². The van der Waals surface area contributed by atoms with Gasteiger partial charge in [-0.2, -0.15) is 0 Å². The van der Waals surface area contributed by atoms with Crippen LogP contribution in [0.2, 0.25) is 0 Å². The van der Waals surface area contributed by atoms with Gasteiger partial charge in [-0.3, -0.25) is 9.69 Å². The molecule has 1 amide bonds. The lowest BCUT2D eigenvalue weighted by molar-refractivity contribution is -0.127. The summed E-state index contributed by atoms with van der Waals surface area (Å²) >= 11 is 1.85. The van der Waals surface area contributed by atoms with Gasteiger partial charge in [0.05, 0.1) is 12.6 Å². The number of thiophene rings is 1. The summed E-state index contributed by atoms with van der Waals surface area (Å²) in [5, 5.41) is 5.49. The highest BCUT2D eigenvalue weighted by molar-refractivity contribution is 7.09. The Morgan fingerprint density at radius 3 is 2.88 bits per heavy atom. The minimum atomic E-state index is 0.210. The van der Waals surface area contributed by atoms with E-state index in [1.54, 1.807) is 0 Å². The molecule has 3 heterocycles. The third kappa shape index (κ3) is 3.84. The molecule has 1 aliphatic carbocycles. The quantitative estimate of drug-likeness (QED) is 0.889. The van der Waals surface area contributed by atoms with Crippen LogP contribution in [0.25, 0.3) is 0 Å². The second-order valence-electron chi connectivity index (χ2n) is 7.81. The zero-order valence-corrected chi connectivity index (χ0v) is 15.2. The summed E-state index contributed by atoms with van der Waals surface area (Å²) in [4.78, 5) is 16.3. The molecule has 0 bridgehead atoms. The number of nitrogens with one attached hydrogen (secondary N) is 1. The van der Waals surface area contributed by atoms with Crippen LogP contribution in [0.3, 0.4) is 0 Å². The number of amides is 1. The fraction of sp³-hybridized carbons (Fsp3) is 0.737. The van der Waals surface area contributed by atoms with Gasteiger partial charge in [0, 0.05) is 24.4 Å². The van der Waals surface area contributed by atoms with Crippen molar-refractivity contribution in [3.8, 4) is 0 Å². The highest BCUT2D eigenvalue weighted by Gasteiger charge is 2.44. The summed E-state index contributed by atoms with van der Waals surface area (Å²) in [5.74, 6) is 0.895. The van der Waals surface area contributed by atoms with Crippen LogP contribution in [0.1, 0.15) is 43.4 Å². The zero-order valence-electron chi connectivity index (χ0n) is 14.3. The zero-order chi connectivity index (χ0) is 16.4. The van der Waals surface area contributed by atoms with E-state index in [4.69, 9.17) is 4.74 Å². The SMILES string of the molecule is O=C(CC1CC1)N[C@@H]1COCCC12CCN(Cc1cccs1)CC2. The number of nitrogens with zero attached hydrogens (tertiary/aromatic N) is 1. The van der Waals surface area contributed by atoms with Crippen molar-refractivity contribution in [2.45, 2.75) is 51.1 Å². The first-order valence-corrected chi connectivity index (χ1v) is 10.2. The molecule has 24 heavy (non-hydrogen) atoms. The average molecular weight is 349 g/mol. The van der Waals surface area contributed by atoms with E-state index in [1.165, 1.54) is 30.6 Å². The van der Waals surface area contributed by atoms with Gasteiger partial charge in [-0.15, -0.1) is 11.3 Å². The third-order valence-corrected chi connectivity index (χ3v) is 6.95. The fourth-order valence-corrected chi connectivity index (χ4v) is 4.98. The first-order chi connectivity index (χ1) is 11.7. The Morgan fingerprint density at radius 1 is 1.33 bits per heavy atom. The van der Waals surface area contributed by atoms with Crippen LogP contribution in [0.5, 0.6) is 0 Å². The lowest BCUT2D eigenvalue weighted by Gasteiger charge is -2.49. The fourth-order valence-electron chi connectivity index (χ4n) is 4.24. The first-order valence-electron chi connectivity index (χ1n) is 9.35. The Morgan fingerprint density at radius 2 is 2.17 bits per heavy atom. The van der Waals surface area contributed by atoms with E-state index in [9.17, 15) is 4.79 Å². The molecule has 1 aromatic rings. The van der Waals surface area contributed by atoms with E-state index in [1.807, 2.05) is 11.3 Å². The highest BCUT2D eigenvalue weighted by atomic mass is 32.1. The van der Waals surface area contributed by atoms with Gasteiger partial charge >= 0.3 is 0 Å². The molecule has 1 aromatic heterocycles. The van der Waals surface area contributed by atoms with Crippen molar-refractivity contribution < 1.29 is 9.53 Å². The Hall–Kier alpha value is -0.910. The minimum Gasteiger partial charge on any atom is -0.379 e. The normalized spacial score (nSPS) is 27.2. The molecule has 1 N–H and O–H groups in total. The van der Waals surface area contributed by atoms with Crippen molar-refractivity contribution >= 4 is 17.2 Å². The Balaban J connectivity index is 1.34. The van der Waals surface area contributed by atoms with Gasteiger partial charge in [0.1, 0.15) is 0 Å². The largest absolute Gasteiger partial charge is 0.379 e. The number of carbonyl (C=O) groups is 1. The molecule has 1 saturated carbocycles. The van der Waals surface area contributed by atoms with Gasteiger partial charge in [-0.1, -0.05) is 6.07 Å². The van der Waals surface area contributed by atoms with Crippen LogP contribution in [-0.4, -0.2) is 43.2 Å². The summed E-state index contributed by atoms with van der Waals surface area (Å²) in [7, 11) is 0. The topological polar surface area (TPSA) is 41.6 Å².